The summed E-state index contributed by atoms with van der Waals surface area (Å²) in [5, 5.41) is 13.9. The van der Waals surface area contributed by atoms with Gasteiger partial charge < -0.3 is 10.4 Å². The number of fused-ring (bicyclic) bond motifs is 1. The summed E-state index contributed by atoms with van der Waals surface area (Å²) < 4.78 is 0. The van der Waals surface area contributed by atoms with E-state index in [0.29, 0.717) is 25.6 Å². The van der Waals surface area contributed by atoms with Gasteiger partial charge in [0.2, 0.25) is 5.91 Å². The Morgan fingerprint density at radius 3 is 3.09 bits per heavy atom. The molecule has 1 aliphatic carbocycles. The topological polar surface area (TPSA) is 52.6 Å². The summed E-state index contributed by atoms with van der Waals surface area (Å²) in [5.74, 6) is 2.30. The van der Waals surface area contributed by atoms with Crippen molar-refractivity contribution >= 4 is 17.7 Å². The van der Waals surface area contributed by atoms with Gasteiger partial charge in [0, 0.05) is 11.8 Å². The third-order valence-corrected chi connectivity index (χ3v) is 6.20. The van der Waals surface area contributed by atoms with Crippen molar-refractivity contribution in [2.45, 2.75) is 37.3 Å². The second-order valence-corrected chi connectivity index (χ2v) is 7.90. The van der Waals surface area contributed by atoms with Crippen LogP contribution >= 0.6 is 11.8 Å². The molecule has 0 saturated carbocycles. The van der Waals surface area contributed by atoms with Gasteiger partial charge in [-0.1, -0.05) is 24.3 Å². The fourth-order valence-corrected chi connectivity index (χ4v) is 4.91. The SMILES string of the molecule is CN(CC(=O)NC[C@]1(O)CCCc2ccccc21)[C@H]1CCSC1. The molecule has 1 saturated heterocycles. The number of likely N-dealkylation sites (N-methyl/N-ethyl adjacent to an activating group) is 1. The molecule has 1 aromatic rings. The van der Waals surface area contributed by atoms with Gasteiger partial charge in [0.15, 0.2) is 0 Å². The Bertz CT molecular complexity index is 560. The zero-order chi connectivity index (χ0) is 16.3. The summed E-state index contributed by atoms with van der Waals surface area (Å²) in [4.78, 5) is 14.4. The molecule has 0 bridgehead atoms. The molecule has 0 spiro atoms. The summed E-state index contributed by atoms with van der Waals surface area (Å²) in [6.45, 7) is 0.707. The van der Waals surface area contributed by atoms with E-state index >= 15 is 0 Å². The number of amides is 1. The van der Waals surface area contributed by atoms with Crippen molar-refractivity contribution in [3.63, 3.8) is 0 Å². The number of nitrogens with zero attached hydrogens (tertiary/aromatic N) is 1. The maximum Gasteiger partial charge on any atom is 0.234 e. The molecule has 1 heterocycles. The van der Waals surface area contributed by atoms with Crippen molar-refractivity contribution < 1.29 is 9.90 Å². The first-order valence-electron chi connectivity index (χ1n) is 8.44. The largest absolute Gasteiger partial charge is 0.383 e. The average molecular weight is 334 g/mol. The van der Waals surface area contributed by atoms with Crippen LogP contribution in [0.2, 0.25) is 0 Å². The van der Waals surface area contributed by atoms with Gasteiger partial charge in [0.1, 0.15) is 5.60 Å². The Morgan fingerprint density at radius 1 is 1.48 bits per heavy atom. The smallest absolute Gasteiger partial charge is 0.234 e. The van der Waals surface area contributed by atoms with Gasteiger partial charge in [-0.05, 0) is 49.6 Å². The lowest BCUT2D eigenvalue weighted by Crippen LogP contribution is -2.46. The Labute approximate surface area is 142 Å². The van der Waals surface area contributed by atoms with Crippen LogP contribution in [0, 0.1) is 0 Å². The fourth-order valence-electron chi connectivity index (χ4n) is 3.61. The van der Waals surface area contributed by atoms with E-state index in [1.54, 1.807) is 0 Å². The van der Waals surface area contributed by atoms with E-state index in [2.05, 4.69) is 16.3 Å². The molecule has 0 radical (unpaired) electrons. The standard InChI is InChI=1S/C18H26N2O2S/c1-20(15-8-10-23-12-15)11-17(21)19-13-18(22)9-4-6-14-5-2-3-7-16(14)18/h2-3,5,7,15,22H,4,6,8-13H2,1H3,(H,19,21)/t15-,18+/m0/s1. The third-order valence-electron chi connectivity index (χ3n) is 5.06. The second kappa shape index (κ2) is 7.24. The van der Waals surface area contributed by atoms with Gasteiger partial charge in [-0.3, -0.25) is 9.69 Å². The van der Waals surface area contributed by atoms with E-state index < -0.39 is 5.60 Å². The van der Waals surface area contributed by atoms with Gasteiger partial charge in [0.25, 0.3) is 0 Å². The van der Waals surface area contributed by atoms with Crippen molar-refractivity contribution in [2.75, 3.05) is 31.6 Å². The van der Waals surface area contributed by atoms with Crippen LogP contribution in [0.25, 0.3) is 0 Å². The highest BCUT2D eigenvalue weighted by atomic mass is 32.2. The van der Waals surface area contributed by atoms with E-state index in [0.717, 1.165) is 30.6 Å². The summed E-state index contributed by atoms with van der Waals surface area (Å²) >= 11 is 1.95. The van der Waals surface area contributed by atoms with Crippen molar-refractivity contribution in [3.8, 4) is 0 Å². The molecule has 4 nitrogen and oxygen atoms in total. The molecule has 1 fully saturated rings. The molecule has 1 aliphatic heterocycles. The third kappa shape index (κ3) is 3.90. The van der Waals surface area contributed by atoms with E-state index in [9.17, 15) is 9.90 Å². The van der Waals surface area contributed by atoms with Gasteiger partial charge in [-0.2, -0.15) is 11.8 Å². The van der Waals surface area contributed by atoms with Crippen LogP contribution in [0.3, 0.4) is 0 Å². The van der Waals surface area contributed by atoms with Crippen LogP contribution in [-0.4, -0.2) is 53.6 Å². The van der Waals surface area contributed by atoms with Crippen LogP contribution in [0.1, 0.15) is 30.4 Å². The van der Waals surface area contributed by atoms with E-state index in [4.69, 9.17) is 0 Å². The first-order valence-corrected chi connectivity index (χ1v) is 9.59. The summed E-state index contributed by atoms with van der Waals surface area (Å²) in [6, 6.07) is 8.54. The quantitative estimate of drug-likeness (QED) is 0.862. The maximum absolute atomic E-state index is 12.2. The molecular weight excluding hydrogens is 308 g/mol. The molecule has 5 heteroatoms. The maximum atomic E-state index is 12.2. The average Bonchev–Trinajstić information content (AvgIpc) is 3.08. The number of hydrogen-bond donors (Lipinski definition) is 2. The Kier molecular flexibility index (Phi) is 5.29. The molecule has 1 amide bonds. The lowest BCUT2D eigenvalue weighted by Gasteiger charge is -2.35. The van der Waals surface area contributed by atoms with Crippen molar-refractivity contribution in [2.24, 2.45) is 0 Å². The normalized spacial score (nSPS) is 27.0. The van der Waals surface area contributed by atoms with Crippen LogP contribution < -0.4 is 5.32 Å². The summed E-state index contributed by atoms with van der Waals surface area (Å²) in [7, 11) is 2.01. The Balaban J connectivity index is 1.56. The highest BCUT2D eigenvalue weighted by Crippen LogP contribution is 2.34. The number of benzene rings is 1. The van der Waals surface area contributed by atoms with Crippen LogP contribution in [-0.2, 0) is 16.8 Å². The predicted molar refractivity (Wildman–Crippen MR) is 94.6 cm³/mol. The monoisotopic (exact) mass is 334 g/mol. The van der Waals surface area contributed by atoms with E-state index in [-0.39, 0.29) is 5.91 Å². The lowest BCUT2D eigenvalue weighted by molar-refractivity contribution is -0.123. The van der Waals surface area contributed by atoms with E-state index in [1.165, 1.54) is 11.3 Å². The number of carbonyl (C=O) groups is 1. The van der Waals surface area contributed by atoms with Crippen molar-refractivity contribution in [1.82, 2.24) is 10.2 Å². The molecule has 3 rings (SSSR count). The molecule has 23 heavy (non-hydrogen) atoms. The number of carbonyl (C=O) groups excluding carboxylic acids is 1. The minimum absolute atomic E-state index is 0.000814. The predicted octanol–water partition coefficient (Wildman–Crippen LogP) is 1.76. The summed E-state index contributed by atoms with van der Waals surface area (Å²) in [5.41, 5.74) is 1.26. The van der Waals surface area contributed by atoms with Gasteiger partial charge in [0.05, 0.1) is 13.1 Å². The minimum Gasteiger partial charge on any atom is -0.383 e. The number of thioether (sulfide) groups is 1. The second-order valence-electron chi connectivity index (χ2n) is 6.75. The number of hydrogen-bond acceptors (Lipinski definition) is 4. The zero-order valence-corrected chi connectivity index (χ0v) is 14.6. The molecule has 126 valence electrons. The molecule has 1 aromatic carbocycles. The zero-order valence-electron chi connectivity index (χ0n) is 13.8. The van der Waals surface area contributed by atoms with Crippen LogP contribution in [0.5, 0.6) is 0 Å². The molecule has 2 atom stereocenters. The first kappa shape index (κ1) is 16.8. The fraction of sp³-hybridized carbons (Fsp3) is 0.611. The van der Waals surface area contributed by atoms with Gasteiger partial charge >= 0.3 is 0 Å². The Hall–Kier alpha value is -1.04. The Morgan fingerprint density at radius 2 is 2.30 bits per heavy atom. The number of nitrogens with one attached hydrogen (secondary N) is 1. The lowest BCUT2D eigenvalue weighted by atomic mass is 9.79. The number of rotatable bonds is 5. The molecule has 2 aliphatic rings. The minimum atomic E-state index is -0.924. The van der Waals surface area contributed by atoms with Crippen LogP contribution in [0.4, 0.5) is 0 Å². The number of aryl methyl sites for hydroxylation is 1. The molecule has 0 unspecified atom stereocenters. The molecular formula is C18H26N2O2S. The molecule has 0 aromatic heterocycles. The van der Waals surface area contributed by atoms with Gasteiger partial charge in [-0.15, -0.1) is 0 Å². The van der Waals surface area contributed by atoms with Gasteiger partial charge in [-0.25, -0.2) is 0 Å². The number of aliphatic hydroxyl groups is 1. The molecule has 2 N–H and O–H groups in total. The summed E-state index contributed by atoms with van der Waals surface area (Å²) in [6.07, 6.45) is 3.84. The highest BCUT2D eigenvalue weighted by molar-refractivity contribution is 7.99. The highest BCUT2D eigenvalue weighted by Gasteiger charge is 2.34. The van der Waals surface area contributed by atoms with Crippen LogP contribution in [0.15, 0.2) is 24.3 Å². The van der Waals surface area contributed by atoms with Crippen molar-refractivity contribution in [1.29, 1.82) is 0 Å². The van der Waals surface area contributed by atoms with Crippen molar-refractivity contribution in [3.05, 3.63) is 35.4 Å². The first-order chi connectivity index (χ1) is 11.1. The van der Waals surface area contributed by atoms with E-state index in [1.807, 2.05) is 37.0 Å².